The van der Waals surface area contributed by atoms with Crippen molar-refractivity contribution >= 4 is 33.2 Å². The van der Waals surface area contributed by atoms with Crippen LogP contribution in [0.15, 0.2) is 35.2 Å². The normalized spacial score (nSPS) is 11.5. The number of carbonyl (C=O) groups is 2. The summed E-state index contributed by atoms with van der Waals surface area (Å²) in [5.74, 6) is -1.16. The Kier molecular flexibility index (Phi) is 6.31. The summed E-state index contributed by atoms with van der Waals surface area (Å²) in [4.78, 5) is 26.2. The SMILES string of the molecule is Cc1ccc(C(=O)Oc2c(C(=O)c3cc(C)c(S(C)(=O)=O)c(C)c3Cl)c(C)nn2C)cc1. The van der Waals surface area contributed by atoms with E-state index in [2.05, 4.69) is 5.10 Å². The Balaban J connectivity index is 2.09. The first-order valence-corrected chi connectivity index (χ1v) is 12.0. The van der Waals surface area contributed by atoms with Crippen molar-refractivity contribution in [2.45, 2.75) is 32.6 Å². The molecule has 1 aromatic heterocycles. The number of benzene rings is 2. The Morgan fingerprint density at radius 1 is 1.06 bits per heavy atom. The number of sulfone groups is 1. The Hall–Kier alpha value is -2.97. The van der Waals surface area contributed by atoms with Crippen molar-refractivity contribution < 1.29 is 22.7 Å². The van der Waals surface area contributed by atoms with Crippen LogP contribution in [0.1, 0.15) is 48.7 Å². The number of hydrogen-bond donors (Lipinski definition) is 0. The zero-order valence-electron chi connectivity index (χ0n) is 18.6. The number of hydrogen-bond acceptors (Lipinski definition) is 6. The summed E-state index contributed by atoms with van der Waals surface area (Å²) in [5, 5.41) is 4.26. The van der Waals surface area contributed by atoms with Gasteiger partial charge in [0.25, 0.3) is 0 Å². The third-order valence-electron chi connectivity index (χ3n) is 5.11. The smallest absolute Gasteiger partial charge is 0.344 e. The molecular formula is C23H23ClN2O5S. The maximum absolute atomic E-state index is 13.5. The lowest BCUT2D eigenvalue weighted by Crippen LogP contribution is -2.15. The highest BCUT2D eigenvalue weighted by Gasteiger charge is 2.29. The van der Waals surface area contributed by atoms with Crippen LogP contribution in [0.25, 0.3) is 0 Å². The molecule has 0 fully saturated rings. The van der Waals surface area contributed by atoms with Crippen LogP contribution in [0.3, 0.4) is 0 Å². The number of halogens is 1. The van der Waals surface area contributed by atoms with Crippen LogP contribution in [0.2, 0.25) is 5.02 Å². The van der Waals surface area contributed by atoms with Crippen LogP contribution in [-0.4, -0.2) is 36.2 Å². The number of aryl methyl sites for hydroxylation is 4. The van der Waals surface area contributed by atoms with Crippen LogP contribution < -0.4 is 4.74 Å². The van der Waals surface area contributed by atoms with Gasteiger partial charge >= 0.3 is 5.97 Å². The second-order valence-electron chi connectivity index (χ2n) is 7.76. The average molecular weight is 475 g/mol. The Bertz CT molecular complexity index is 1360. The third-order valence-corrected chi connectivity index (χ3v) is 6.97. The van der Waals surface area contributed by atoms with Crippen LogP contribution >= 0.6 is 11.6 Å². The highest BCUT2D eigenvalue weighted by atomic mass is 35.5. The number of rotatable bonds is 5. The molecular weight excluding hydrogens is 452 g/mol. The molecule has 0 aliphatic carbocycles. The Labute approximate surface area is 191 Å². The van der Waals surface area contributed by atoms with Crippen molar-refractivity contribution in [3.05, 3.63) is 74.4 Å². The van der Waals surface area contributed by atoms with Gasteiger partial charge in [0.05, 0.1) is 21.2 Å². The molecule has 7 nitrogen and oxygen atoms in total. The molecule has 3 rings (SSSR count). The average Bonchev–Trinajstić information content (AvgIpc) is 2.96. The molecule has 0 aliphatic heterocycles. The topological polar surface area (TPSA) is 95.3 Å². The molecule has 3 aromatic rings. The van der Waals surface area contributed by atoms with Gasteiger partial charge in [-0.05, 0) is 57.0 Å². The molecule has 9 heteroatoms. The Morgan fingerprint density at radius 2 is 1.66 bits per heavy atom. The monoisotopic (exact) mass is 474 g/mol. The minimum Gasteiger partial charge on any atom is -0.403 e. The molecule has 168 valence electrons. The molecule has 0 bridgehead atoms. The number of ether oxygens (including phenoxy) is 1. The fourth-order valence-electron chi connectivity index (χ4n) is 3.67. The van der Waals surface area contributed by atoms with Crippen molar-refractivity contribution in [1.82, 2.24) is 9.78 Å². The van der Waals surface area contributed by atoms with Gasteiger partial charge in [-0.2, -0.15) is 5.10 Å². The number of ketones is 1. The van der Waals surface area contributed by atoms with Crippen molar-refractivity contribution in [3.8, 4) is 5.88 Å². The first kappa shape index (κ1) is 23.7. The summed E-state index contributed by atoms with van der Waals surface area (Å²) in [5.41, 5.74) is 2.55. The van der Waals surface area contributed by atoms with Crippen LogP contribution in [0.5, 0.6) is 5.88 Å². The summed E-state index contributed by atoms with van der Waals surface area (Å²) < 4.78 is 31.2. The van der Waals surface area contributed by atoms with Gasteiger partial charge in [0.2, 0.25) is 11.7 Å². The zero-order chi connectivity index (χ0) is 24.0. The van der Waals surface area contributed by atoms with Crippen molar-refractivity contribution in [3.63, 3.8) is 0 Å². The second-order valence-corrected chi connectivity index (χ2v) is 10.1. The van der Waals surface area contributed by atoms with E-state index in [0.717, 1.165) is 11.8 Å². The van der Waals surface area contributed by atoms with Gasteiger partial charge in [0.15, 0.2) is 9.84 Å². The maximum atomic E-state index is 13.5. The quantitative estimate of drug-likeness (QED) is 0.407. The number of aromatic nitrogens is 2. The lowest BCUT2D eigenvalue weighted by atomic mass is 9.99. The summed E-state index contributed by atoms with van der Waals surface area (Å²) in [6.07, 6.45) is 1.09. The number of esters is 1. The molecule has 0 amide bonds. The van der Waals surface area contributed by atoms with Crippen LogP contribution in [0.4, 0.5) is 0 Å². The van der Waals surface area contributed by atoms with E-state index in [1.54, 1.807) is 52.1 Å². The molecule has 32 heavy (non-hydrogen) atoms. The van der Waals surface area contributed by atoms with E-state index < -0.39 is 21.6 Å². The minimum absolute atomic E-state index is 0.0170. The predicted octanol–water partition coefficient (Wildman–Crippen LogP) is 4.16. The van der Waals surface area contributed by atoms with E-state index in [0.29, 0.717) is 16.8 Å². The van der Waals surface area contributed by atoms with E-state index in [-0.39, 0.29) is 32.5 Å². The van der Waals surface area contributed by atoms with Crippen LogP contribution in [0, 0.1) is 27.7 Å². The summed E-state index contributed by atoms with van der Waals surface area (Å²) in [6.45, 7) is 6.68. The molecule has 0 atom stereocenters. The molecule has 2 aromatic carbocycles. The van der Waals surface area contributed by atoms with Crippen LogP contribution in [-0.2, 0) is 16.9 Å². The molecule has 0 N–H and O–H groups in total. The van der Waals surface area contributed by atoms with E-state index in [1.807, 2.05) is 6.92 Å². The molecule has 0 aliphatic rings. The van der Waals surface area contributed by atoms with Gasteiger partial charge in [0.1, 0.15) is 5.56 Å². The van der Waals surface area contributed by atoms with Gasteiger partial charge < -0.3 is 4.74 Å². The summed E-state index contributed by atoms with van der Waals surface area (Å²) in [7, 11) is -1.98. The fourth-order valence-corrected chi connectivity index (χ4v) is 5.26. The zero-order valence-corrected chi connectivity index (χ0v) is 20.2. The molecule has 0 radical (unpaired) electrons. The van der Waals surface area contributed by atoms with Gasteiger partial charge in [-0.1, -0.05) is 29.3 Å². The van der Waals surface area contributed by atoms with Crippen molar-refractivity contribution in [2.24, 2.45) is 7.05 Å². The lowest BCUT2D eigenvalue weighted by molar-refractivity contribution is 0.0718. The van der Waals surface area contributed by atoms with Crippen molar-refractivity contribution in [1.29, 1.82) is 0 Å². The molecule has 1 heterocycles. The second kappa shape index (κ2) is 8.52. The number of nitrogens with zero attached hydrogens (tertiary/aromatic N) is 2. The van der Waals surface area contributed by atoms with Gasteiger partial charge in [-0.25, -0.2) is 17.9 Å². The van der Waals surface area contributed by atoms with E-state index in [1.165, 1.54) is 10.7 Å². The first-order valence-electron chi connectivity index (χ1n) is 9.69. The van der Waals surface area contributed by atoms with Gasteiger partial charge in [0, 0.05) is 18.9 Å². The number of carbonyl (C=O) groups excluding carboxylic acids is 2. The van der Waals surface area contributed by atoms with E-state index >= 15 is 0 Å². The standard InChI is InChI=1S/C23H23ClN2O5S/c1-12-7-9-16(10-8-12)23(28)31-22-18(15(4)25-26(22)5)20(27)17-11-13(2)21(32(6,29)30)14(3)19(17)24/h7-11H,1-6H3. The highest BCUT2D eigenvalue weighted by Crippen LogP contribution is 2.34. The largest absolute Gasteiger partial charge is 0.403 e. The molecule has 0 saturated heterocycles. The maximum Gasteiger partial charge on any atom is 0.344 e. The molecule has 0 unspecified atom stereocenters. The van der Waals surface area contributed by atoms with Gasteiger partial charge in [-0.15, -0.1) is 0 Å². The lowest BCUT2D eigenvalue weighted by Gasteiger charge is -2.14. The molecule has 0 spiro atoms. The van der Waals surface area contributed by atoms with E-state index in [4.69, 9.17) is 16.3 Å². The predicted molar refractivity (Wildman–Crippen MR) is 122 cm³/mol. The Morgan fingerprint density at radius 3 is 2.22 bits per heavy atom. The minimum atomic E-state index is -3.54. The first-order chi connectivity index (χ1) is 14.8. The third kappa shape index (κ3) is 4.33. The van der Waals surface area contributed by atoms with Gasteiger partial charge in [-0.3, -0.25) is 4.79 Å². The summed E-state index contributed by atoms with van der Waals surface area (Å²) >= 11 is 6.43. The van der Waals surface area contributed by atoms with E-state index in [9.17, 15) is 18.0 Å². The molecule has 0 saturated carbocycles. The summed E-state index contributed by atoms with van der Waals surface area (Å²) in [6, 6.07) is 8.27. The fraction of sp³-hybridized carbons (Fsp3) is 0.261. The van der Waals surface area contributed by atoms with Crippen molar-refractivity contribution in [2.75, 3.05) is 6.26 Å². The highest BCUT2D eigenvalue weighted by molar-refractivity contribution is 7.90.